The van der Waals surface area contributed by atoms with Gasteiger partial charge in [-0.05, 0) is 48.7 Å². The van der Waals surface area contributed by atoms with E-state index in [9.17, 15) is 4.79 Å². The lowest BCUT2D eigenvalue weighted by atomic mass is 10.0. The van der Waals surface area contributed by atoms with Gasteiger partial charge in [-0.25, -0.2) is 0 Å². The average Bonchev–Trinajstić information content (AvgIpc) is 3.26. The Kier molecular flexibility index (Phi) is 4.29. The number of aromatic amines is 1. The van der Waals surface area contributed by atoms with Crippen molar-refractivity contribution in [1.29, 1.82) is 0 Å². The first-order chi connectivity index (χ1) is 12.6. The largest absolute Gasteiger partial charge is 0.497 e. The highest BCUT2D eigenvalue weighted by atomic mass is 16.5. The van der Waals surface area contributed by atoms with E-state index in [4.69, 9.17) is 9.47 Å². The molecular weight excluding hydrogens is 328 g/mol. The van der Waals surface area contributed by atoms with Crippen molar-refractivity contribution in [3.05, 3.63) is 59.3 Å². The molecule has 4 rings (SSSR count). The predicted molar refractivity (Wildman–Crippen MR) is 101 cm³/mol. The first kappa shape index (κ1) is 16.5. The third kappa shape index (κ3) is 3.25. The second-order valence-electron chi connectivity index (χ2n) is 6.76. The second-order valence-corrected chi connectivity index (χ2v) is 6.76. The number of methoxy groups -OCH3 is 1. The lowest BCUT2D eigenvalue weighted by molar-refractivity contribution is 0.0936. The van der Waals surface area contributed by atoms with Crippen LogP contribution in [0.25, 0.3) is 10.9 Å². The van der Waals surface area contributed by atoms with Crippen molar-refractivity contribution in [2.24, 2.45) is 0 Å². The third-order valence-corrected chi connectivity index (χ3v) is 4.75. The molecule has 0 aliphatic carbocycles. The van der Waals surface area contributed by atoms with Crippen LogP contribution < -0.4 is 14.8 Å². The van der Waals surface area contributed by atoms with Gasteiger partial charge in [0.25, 0.3) is 5.91 Å². The molecular formula is C21H22N2O3. The van der Waals surface area contributed by atoms with Crippen LogP contribution >= 0.6 is 0 Å². The molecule has 1 amide bonds. The molecule has 0 fully saturated rings. The maximum atomic E-state index is 12.6. The van der Waals surface area contributed by atoms with E-state index >= 15 is 0 Å². The summed E-state index contributed by atoms with van der Waals surface area (Å²) < 4.78 is 10.8. The van der Waals surface area contributed by atoms with Gasteiger partial charge in [-0.2, -0.15) is 0 Å². The smallest absolute Gasteiger partial charge is 0.267 e. The first-order valence-electron chi connectivity index (χ1n) is 8.84. The molecule has 0 radical (unpaired) electrons. The van der Waals surface area contributed by atoms with Crippen LogP contribution in [0.4, 0.5) is 0 Å². The lowest BCUT2D eigenvalue weighted by Gasteiger charge is -2.14. The Morgan fingerprint density at radius 2 is 2.15 bits per heavy atom. The Hall–Kier alpha value is -2.95. The van der Waals surface area contributed by atoms with Gasteiger partial charge in [-0.1, -0.05) is 12.1 Å². The maximum absolute atomic E-state index is 12.6. The molecule has 2 heterocycles. The summed E-state index contributed by atoms with van der Waals surface area (Å²) in [6.45, 7) is 2.78. The van der Waals surface area contributed by atoms with Gasteiger partial charge in [0.05, 0.1) is 13.7 Å². The number of hydrogen-bond acceptors (Lipinski definition) is 3. The Morgan fingerprint density at radius 3 is 3.00 bits per heavy atom. The summed E-state index contributed by atoms with van der Waals surface area (Å²) in [7, 11) is 1.63. The molecule has 0 spiro atoms. The summed E-state index contributed by atoms with van der Waals surface area (Å²) >= 11 is 0. The van der Waals surface area contributed by atoms with Crippen LogP contribution in [0.15, 0.2) is 42.5 Å². The molecule has 1 unspecified atom stereocenters. The van der Waals surface area contributed by atoms with Crippen molar-refractivity contribution in [2.45, 2.75) is 25.8 Å². The van der Waals surface area contributed by atoms with Gasteiger partial charge in [-0.15, -0.1) is 0 Å². The van der Waals surface area contributed by atoms with Crippen molar-refractivity contribution in [2.75, 3.05) is 13.7 Å². The summed E-state index contributed by atoms with van der Waals surface area (Å²) in [6.07, 6.45) is 1.75. The van der Waals surface area contributed by atoms with Gasteiger partial charge in [-0.3, -0.25) is 4.79 Å². The van der Waals surface area contributed by atoms with E-state index in [1.165, 1.54) is 11.1 Å². The molecule has 1 atom stereocenters. The maximum Gasteiger partial charge on any atom is 0.267 e. The first-order valence-corrected chi connectivity index (χ1v) is 8.84. The van der Waals surface area contributed by atoms with Crippen LogP contribution in [-0.4, -0.2) is 30.6 Å². The molecule has 1 aromatic heterocycles. The Bertz CT molecular complexity index is 961. The molecule has 5 nitrogen and oxygen atoms in total. The van der Waals surface area contributed by atoms with E-state index in [0.717, 1.165) is 41.9 Å². The average molecular weight is 350 g/mol. The zero-order valence-electron chi connectivity index (χ0n) is 15.0. The van der Waals surface area contributed by atoms with Crippen LogP contribution in [0.3, 0.4) is 0 Å². The Morgan fingerprint density at radius 1 is 1.27 bits per heavy atom. The van der Waals surface area contributed by atoms with Gasteiger partial charge >= 0.3 is 0 Å². The number of fused-ring (bicyclic) bond motifs is 2. The number of ether oxygens (including phenoxy) is 2. The number of H-pyrrole nitrogens is 1. The minimum atomic E-state index is -0.0999. The van der Waals surface area contributed by atoms with Crippen LogP contribution in [-0.2, 0) is 12.8 Å². The van der Waals surface area contributed by atoms with Crippen molar-refractivity contribution in [3.63, 3.8) is 0 Å². The highest BCUT2D eigenvalue weighted by Crippen LogP contribution is 2.26. The van der Waals surface area contributed by atoms with E-state index in [0.29, 0.717) is 5.69 Å². The standard InChI is InChI=1S/C21H22N2O3/c1-13(9-14-3-6-20-16(10-14)7-8-26-20)22-21(24)19-11-15-4-5-17(25-2)12-18(15)23-19/h3-6,10-13,23H,7-9H2,1-2H3,(H,22,24). The summed E-state index contributed by atoms with van der Waals surface area (Å²) in [5, 5.41) is 4.06. The molecule has 2 aromatic carbocycles. The number of amides is 1. The van der Waals surface area contributed by atoms with Gasteiger partial charge in [0.1, 0.15) is 17.2 Å². The quantitative estimate of drug-likeness (QED) is 0.741. The van der Waals surface area contributed by atoms with Gasteiger partial charge in [0.15, 0.2) is 0 Å². The number of carbonyl (C=O) groups is 1. The van der Waals surface area contributed by atoms with Crippen molar-refractivity contribution >= 4 is 16.8 Å². The highest BCUT2D eigenvalue weighted by Gasteiger charge is 2.16. The minimum Gasteiger partial charge on any atom is -0.497 e. The normalized spacial score (nSPS) is 13.9. The topological polar surface area (TPSA) is 63.4 Å². The molecule has 2 N–H and O–H groups in total. The van der Waals surface area contributed by atoms with Crippen LogP contribution in [0.5, 0.6) is 11.5 Å². The number of rotatable bonds is 5. The second kappa shape index (κ2) is 6.75. The molecule has 3 aromatic rings. The predicted octanol–water partition coefficient (Wildman–Crippen LogP) is 3.47. The molecule has 1 aliphatic rings. The summed E-state index contributed by atoms with van der Waals surface area (Å²) in [5.41, 5.74) is 3.91. The number of carbonyl (C=O) groups excluding carboxylic acids is 1. The molecule has 134 valence electrons. The fourth-order valence-corrected chi connectivity index (χ4v) is 3.43. The number of hydrogen-bond donors (Lipinski definition) is 2. The van der Waals surface area contributed by atoms with Crippen molar-refractivity contribution < 1.29 is 14.3 Å². The molecule has 26 heavy (non-hydrogen) atoms. The number of aromatic nitrogens is 1. The number of benzene rings is 2. The SMILES string of the molecule is COc1ccc2cc(C(=O)NC(C)Cc3ccc4c(c3)CCO4)[nH]c2c1. The van der Waals surface area contributed by atoms with E-state index in [-0.39, 0.29) is 11.9 Å². The third-order valence-electron chi connectivity index (χ3n) is 4.75. The van der Waals surface area contributed by atoms with E-state index < -0.39 is 0 Å². The van der Waals surface area contributed by atoms with Gasteiger partial charge < -0.3 is 19.8 Å². The summed E-state index contributed by atoms with van der Waals surface area (Å²) in [5.74, 6) is 1.65. The van der Waals surface area contributed by atoms with E-state index in [1.54, 1.807) is 7.11 Å². The molecule has 0 saturated heterocycles. The minimum absolute atomic E-state index is 0.0313. The van der Waals surface area contributed by atoms with Crippen LogP contribution in [0.2, 0.25) is 0 Å². The summed E-state index contributed by atoms with van der Waals surface area (Å²) in [6, 6.07) is 13.9. The molecule has 1 aliphatic heterocycles. The summed E-state index contributed by atoms with van der Waals surface area (Å²) in [4.78, 5) is 15.7. The fraction of sp³-hybridized carbons (Fsp3) is 0.286. The monoisotopic (exact) mass is 350 g/mol. The van der Waals surface area contributed by atoms with Crippen LogP contribution in [0, 0.1) is 0 Å². The highest BCUT2D eigenvalue weighted by molar-refractivity contribution is 5.98. The van der Waals surface area contributed by atoms with E-state index in [2.05, 4.69) is 22.4 Å². The van der Waals surface area contributed by atoms with E-state index in [1.807, 2.05) is 37.3 Å². The molecule has 5 heteroatoms. The van der Waals surface area contributed by atoms with Gasteiger partial charge in [0, 0.05) is 29.4 Å². The zero-order chi connectivity index (χ0) is 18.1. The van der Waals surface area contributed by atoms with Crippen LogP contribution in [0.1, 0.15) is 28.5 Å². The molecule has 0 saturated carbocycles. The number of nitrogens with one attached hydrogen (secondary N) is 2. The van der Waals surface area contributed by atoms with Gasteiger partial charge in [0.2, 0.25) is 0 Å². The lowest BCUT2D eigenvalue weighted by Crippen LogP contribution is -2.34. The Labute approximate surface area is 152 Å². The van der Waals surface area contributed by atoms with Crippen molar-refractivity contribution in [1.82, 2.24) is 10.3 Å². The fourth-order valence-electron chi connectivity index (χ4n) is 3.43. The Balaban J connectivity index is 1.44. The zero-order valence-corrected chi connectivity index (χ0v) is 15.0. The van der Waals surface area contributed by atoms with Crippen molar-refractivity contribution in [3.8, 4) is 11.5 Å². The molecule has 0 bridgehead atoms.